The van der Waals surface area contributed by atoms with E-state index in [1.807, 2.05) is 0 Å². The van der Waals surface area contributed by atoms with Crippen LogP contribution >= 0.6 is 11.6 Å². The Labute approximate surface area is 143 Å². The van der Waals surface area contributed by atoms with E-state index in [0.29, 0.717) is 5.69 Å². The van der Waals surface area contributed by atoms with E-state index in [-0.39, 0.29) is 22.3 Å². The van der Waals surface area contributed by atoms with Gasteiger partial charge in [0.2, 0.25) is 5.88 Å². The summed E-state index contributed by atoms with van der Waals surface area (Å²) in [5.41, 5.74) is 5.18. The highest BCUT2D eigenvalue weighted by atomic mass is 35.5. The van der Waals surface area contributed by atoms with E-state index in [9.17, 15) is 9.18 Å². The molecule has 24 heavy (non-hydrogen) atoms. The lowest BCUT2D eigenvalue weighted by molar-refractivity contribution is 0.0635. The number of halogens is 2. The molecule has 0 radical (unpaired) electrons. The Morgan fingerprint density at radius 3 is 2.62 bits per heavy atom. The Kier molecular flexibility index (Phi) is 5.14. The number of hydrogen-bond donors (Lipinski definition) is 2. The first-order valence-corrected chi connectivity index (χ1v) is 7.40. The highest BCUT2D eigenvalue weighted by Gasteiger charge is 2.19. The molecule has 128 valence electrons. The molecule has 0 saturated carbocycles. The molecule has 0 aliphatic heterocycles. The van der Waals surface area contributed by atoms with Gasteiger partial charge in [0.15, 0.2) is 0 Å². The summed E-state index contributed by atoms with van der Waals surface area (Å²) in [5.74, 6) is -0.370. The molecule has 1 aromatic carbocycles. The first-order chi connectivity index (χ1) is 11.1. The molecule has 8 heteroatoms. The van der Waals surface area contributed by atoms with Crippen molar-refractivity contribution >= 4 is 29.1 Å². The van der Waals surface area contributed by atoms with Gasteiger partial charge in [-0.05, 0) is 32.9 Å². The number of nitrogens with one attached hydrogen (secondary N) is 1. The van der Waals surface area contributed by atoms with Crippen molar-refractivity contribution in [1.82, 2.24) is 4.98 Å². The number of ether oxygens (including phenoxy) is 2. The van der Waals surface area contributed by atoms with Gasteiger partial charge in [-0.2, -0.15) is 0 Å². The molecule has 0 spiro atoms. The van der Waals surface area contributed by atoms with Crippen molar-refractivity contribution in [3.63, 3.8) is 0 Å². The highest BCUT2D eigenvalue weighted by Crippen LogP contribution is 2.33. The fraction of sp³-hybridized carbons (Fsp3) is 0.250. The standard InChI is InChI=1S/C16H17ClFN3O3/c1-16(2,3)24-15(22)21-12-7-13(10(17)6-11(12)18)23-14-5-4-9(19)8-20-14/h4-8H,19H2,1-3H3,(H,21,22). The summed E-state index contributed by atoms with van der Waals surface area (Å²) in [7, 11) is 0. The molecule has 2 rings (SSSR count). The lowest BCUT2D eigenvalue weighted by Crippen LogP contribution is -2.27. The third kappa shape index (κ3) is 4.99. The van der Waals surface area contributed by atoms with Crippen LogP contribution in [0.5, 0.6) is 11.6 Å². The summed E-state index contributed by atoms with van der Waals surface area (Å²) in [5, 5.41) is 2.34. The highest BCUT2D eigenvalue weighted by molar-refractivity contribution is 6.32. The van der Waals surface area contributed by atoms with Gasteiger partial charge in [0.25, 0.3) is 0 Å². The van der Waals surface area contributed by atoms with E-state index in [1.165, 1.54) is 18.3 Å². The van der Waals surface area contributed by atoms with E-state index >= 15 is 0 Å². The number of carbonyl (C=O) groups excluding carboxylic acids is 1. The molecule has 0 aliphatic carbocycles. The van der Waals surface area contributed by atoms with Gasteiger partial charge in [-0.3, -0.25) is 5.32 Å². The molecule has 0 saturated heterocycles. The van der Waals surface area contributed by atoms with Crippen LogP contribution in [-0.4, -0.2) is 16.7 Å². The molecule has 1 heterocycles. The normalized spacial score (nSPS) is 11.0. The number of pyridine rings is 1. The number of hydrogen-bond acceptors (Lipinski definition) is 5. The van der Waals surface area contributed by atoms with Crippen molar-refractivity contribution in [3.05, 3.63) is 41.3 Å². The number of anilines is 2. The van der Waals surface area contributed by atoms with Crippen molar-refractivity contribution in [1.29, 1.82) is 0 Å². The van der Waals surface area contributed by atoms with Crippen molar-refractivity contribution < 1.29 is 18.7 Å². The third-order valence-electron chi connectivity index (χ3n) is 2.63. The maximum Gasteiger partial charge on any atom is 0.412 e. The minimum absolute atomic E-state index is 0.0286. The number of carbonyl (C=O) groups is 1. The van der Waals surface area contributed by atoms with Gasteiger partial charge >= 0.3 is 6.09 Å². The Balaban J connectivity index is 2.21. The second-order valence-electron chi connectivity index (χ2n) is 5.92. The van der Waals surface area contributed by atoms with Crippen LogP contribution in [0.1, 0.15) is 20.8 Å². The van der Waals surface area contributed by atoms with E-state index in [4.69, 9.17) is 26.8 Å². The van der Waals surface area contributed by atoms with Gasteiger partial charge in [-0.1, -0.05) is 11.6 Å². The minimum atomic E-state index is -0.791. The van der Waals surface area contributed by atoms with E-state index < -0.39 is 17.5 Å². The summed E-state index contributed by atoms with van der Waals surface area (Å²) >= 11 is 5.96. The van der Waals surface area contributed by atoms with Gasteiger partial charge in [0.1, 0.15) is 17.2 Å². The number of aromatic nitrogens is 1. The first-order valence-electron chi connectivity index (χ1n) is 7.02. The smallest absolute Gasteiger partial charge is 0.412 e. The molecule has 0 aliphatic rings. The van der Waals surface area contributed by atoms with E-state index in [0.717, 1.165) is 6.07 Å². The molecule has 0 fully saturated rings. The molecule has 0 bridgehead atoms. The van der Waals surface area contributed by atoms with Gasteiger partial charge in [0, 0.05) is 12.1 Å². The number of nitrogens with two attached hydrogens (primary N) is 1. The van der Waals surface area contributed by atoms with Crippen LogP contribution in [0.15, 0.2) is 30.5 Å². The maximum atomic E-state index is 14.0. The zero-order chi connectivity index (χ0) is 17.9. The van der Waals surface area contributed by atoms with Crippen LogP contribution in [-0.2, 0) is 4.74 Å². The Hall–Kier alpha value is -2.54. The molecule has 1 amide bonds. The summed E-state index contributed by atoms with van der Waals surface area (Å²) in [6.07, 6.45) is 0.618. The number of benzene rings is 1. The van der Waals surface area contributed by atoms with Crippen molar-refractivity contribution in [2.24, 2.45) is 0 Å². The molecule has 1 aromatic heterocycles. The molecular weight excluding hydrogens is 337 g/mol. The largest absolute Gasteiger partial charge is 0.444 e. The van der Waals surface area contributed by atoms with Crippen molar-refractivity contribution in [3.8, 4) is 11.6 Å². The lowest BCUT2D eigenvalue weighted by Gasteiger charge is -2.20. The van der Waals surface area contributed by atoms with Crippen molar-refractivity contribution in [2.45, 2.75) is 26.4 Å². The predicted octanol–water partition coefficient (Wildman–Crippen LogP) is 4.60. The SMILES string of the molecule is CC(C)(C)OC(=O)Nc1cc(Oc2ccc(N)cn2)c(Cl)cc1F. The fourth-order valence-corrected chi connectivity index (χ4v) is 1.87. The second kappa shape index (κ2) is 6.92. The molecule has 3 N–H and O–H groups in total. The van der Waals surface area contributed by atoms with Crippen LogP contribution < -0.4 is 15.8 Å². The zero-order valence-electron chi connectivity index (χ0n) is 13.4. The summed E-state index contributed by atoms with van der Waals surface area (Å²) < 4.78 is 24.5. The second-order valence-corrected chi connectivity index (χ2v) is 6.33. The lowest BCUT2D eigenvalue weighted by atomic mass is 10.2. The number of rotatable bonds is 3. The molecule has 0 atom stereocenters. The summed E-state index contributed by atoms with van der Waals surface area (Å²) in [6.45, 7) is 5.10. The predicted molar refractivity (Wildman–Crippen MR) is 90.0 cm³/mol. The van der Waals surface area contributed by atoms with Crippen LogP contribution in [0.2, 0.25) is 5.02 Å². The van der Waals surface area contributed by atoms with Gasteiger partial charge in [-0.15, -0.1) is 0 Å². The maximum absolute atomic E-state index is 14.0. The molecular formula is C16H17ClFN3O3. The Bertz CT molecular complexity index is 745. The summed E-state index contributed by atoms with van der Waals surface area (Å²) in [6, 6.07) is 5.41. The fourth-order valence-electron chi connectivity index (χ4n) is 1.68. The minimum Gasteiger partial charge on any atom is -0.444 e. The van der Waals surface area contributed by atoms with Crippen LogP contribution in [0.3, 0.4) is 0 Å². The van der Waals surface area contributed by atoms with Gasteiger partial charge in [-0.25, -0.2) is 14.2 Å². The number of nitrogen functional groups attached to an aromatic ring is 1. The molecule has 6 nitrogen and oxygen atoms in total. The average molecular weight is 354 g/mol. The van der Waals surface area contributed by atoms with Crippen LogP contribution in [0, 0.1) is 5.82 Å². The first kappa shape index (κ1) is 17.8. The van der Waals surface area contributed by atoms with Crippen LogP contribution in [0.4, 0.5) is 20.6 Å². The topological polar surface area (TPSA) is 86.5 Å². The van der Waals surface area contributed by atoms with Gasteiger partial charge < -0.3 is 15.2 Å². The Morgan fingerprint density at radius 2 is 2.04 bits per heavy atom. The molecule has 2 aromatic rings. The number of amides is 1. The van der Waals surface area contributed by atoms with E-state index in [2.05, 4.69) is 10.3 Å². The average Bonchev–Trinajstić information content (AvgIpc) is 2.44. The Morgan fingerprint density at radius 1 is 1.33 bits per heavy atom. The van der Waals surface area contributed by atoms with Crippen LogP contribution in [0.25, 0.3) is 0 Å². The monoisotopic (exact) mass is 353 g/mol. The third-order valence-corrected chi connectivity index (χ3v) is 2.93. The zero-order valence-corrected chi connectivity index (χ0v) is 14.1. The quantitative estimate of drug-likeness (QED) is 0.842. The van der Waals surface area contributed by atoms with E-state index in [1.54, 1.807) is 26.8 Å². The summed E-state index contributed by atoms with van der Waals surface area (Å²) in [4.78, 5) is 15.7. The number of nitrogens with zero attached hydrogens (tertiary/aromatic N) is 1. The molecule has 0 unspecified atom stereocenters. The van der Waals surface area contributed by atoms with Crippen molar-refractivity contribution in [2.75, 3.05) is 11.1 Å². The van der Waals surface area contributed by atoms with Gasteiger partial charge in [0.05, 0.1) is 22.6 Å².